The minimum absolute atomic E-state index is 0.0265. The van der Waals surface area contributed by atoms with Crippen LogP contribution >= 0.6 is 38.6 Å². The van der Waals surface area contributed by atoms with E-state index in [-0.39, 0.29) is 52.6 Å². The topological polar surface area (TPSA) is 138 Å². The predicted molar refractivity (Wildman–Crippen MR) is 312 cm³/mol. The highest BCUT2D eigenvalue weighted by atomic mass is 79.9. The second-order valence-electron chi connectivity index (χ2n) is 25.5. The van der Waals surface area contributed by atoms with E-state index in [0.717, 1.165) is 79.9 Å². The van der Waals surface area contributed by atoms with Crippen LogP contribution in [-0.4, -0.2) is 101 Å². The second kappa shape index (κ2) is 23.7. The van der Waals surface area contributed by atoms with Crippen LogP contribution in [-0.2, 0) is 53.7 Å². The Labute approximate surface area is 470 Å². The van der Waals surface area contributed by atoms with Crippen LogP contribution in [0, 0.1) is 6.92 Å². The molecule has 0 bridgehead atoms. The van der Waals surface area contributed by atoms with Crippen molar-refractivity contribution in [1.82, 2.24) is 29.5 Å². The number of hydrogen-bond acceptors (Lipinski definition) is 12. The molecule has 416 valence electrons. The standard InChI is InChI=1S/C32H43BrN4O4S.C28H42N2O3S/c1-19-28(33)24(16-27(39)40-8)35-37(19)17-26(38)36-12-10-20(11-13-36)30-34-25(18-42-30)21-14-22(31(2,3)4)29(41-9)23(15-21)32(5,6)7;1-26(2,3)20-15-19(16-21(23(20)32-10)27(4,5)6)22-17-34-24(29-22)18-11-13-30(14-12-18)25(31)33-28(7,8)9/h14-15,18,20H,10-13,16-17H2,1-9H3;15-18H,11-14H2,1-10H3. The van der Waals surface area contributed by atoms with Gasteiger partial charge in [-0.15, -0.1) is 22.7 Å². The van der Waals surface area contributed by atoms with E-state index in [1.54, 1.807) is 41.6 Å². The number of carbonyl (C=O) groups is 3. The van der Waals surface area contributed by atoms with E-state index in [2.05, 4.69) is 139 Å². The molecule has 2 amide bonds. The van der Waals surface area contributed by atoms with Gasteiger partial charge in [0.25, 0.3) is 0 Å². The van der Waals surface area contributed by atoms with Crippen molar-refractivity contribution in [2.45, 2.75) is 189 Å². The van der Waals surface area contributed by atoms with E-state index < -0.39 is 5.60 Å². The van der Waals surface area contributed by atoms with Gasteiger partial charge in [0.2, 0.25) is 5.91 Å². The van der Waals surface area contributed by atoms with E-state index in [0.29, 0.717) is 43.7 Å². The molecule has 2 aliphatic rings. The maximum absolute atomic E-state index is 13.2. The number of carbonyl (C=O) groups excluding carboxylic acids is 3. The fraction of sp³-hybridized carbons (Fsp3) is 0.600. The van der Waals surface area contributed by atoms with Crippen LogP contribution in [0.5, 0.6) is 11.5 Å². The van der Waals surface area contributed by atoms with Crippen molar-refractivity contribution >= 4 is 56.6 Å². The molecule has 2 aliphatic heterocycles. The summed E-state index contributed by atoms with van der Waals surface area (Å²) in [5.74, 6) is 2.30. The highest BCUT2D eigenvalue weighted by Crippen LogP contribution is 2.45. The molecule has 0 spiro atoms. The van der Waals surface area contributed by atoms with Crippen molar-refractivity contribution in [3.05, 3.63) is 83.2 Å². The molecule has 76 heavy (non-hydrogen) atoms. The lowest BCUT2D eigenvalue weighted by Crippen LogP contribution is -2.41. The lowest BCUT2D eigenvalue weighted by atomic mass is 9.78. The number of esters is 1. The van der Waals surface area contributed by atoms with Gasteiger partial charge in [-0.25, -0.2) is 14.8 Å². The molecule has 5 aromatic rings. The summed E-state index contributed by atoms with van der Waals surface area (Å²) in [5.41, 5.74) is 9.74. The number of aromatic nitrogens is 4. The number of thiazole rings is 2. The summed E-state index contributed by atoms with van der Waals surface area (Å²) in [6.07, 6.45) is 3.42. The van der Waals surface area contributed by atoms with Gasteiger partial charge in [-0.1, -0.05) is 83.1 Å². The smallest absolute Gasteiger partial charge is 0.410 e. The van der Waals surface area contributed by atoms with Gasteiger partial charge in [-0.3, -0.25) is 14.3 Å². The lowest BCUT2D eigenvalue weighted by Gasteiger charge is -2.32. The average Bonchev–Trinajstić information content (AvgIpc) is 4.10. The van der Waals surface area contributed by atoms with Crippen molar-refractivity contribution in [1.29, 1.82) is 0 Å². The van der Waals surface area contributed by atoms with Crippen LogP contribution in [0.4, 0.5) is 4.79 Å². The van der Waals surface area contributed by atoms with Crippen LogP contribution in [0.15, 0.2) is 39.5 Å². The molecule has 3 aromatic heterocycles. The number of benzene rings is 2. The zero-order chi connectivity index (χ0) is 56.5. The highest BCUT2D eigenvalue weighted by Gasteiger charge is 2.33. The first-order valence-corrected chi connectivity index (χ1v) is 29.2. The number of piperidine rings is 2. The molecular formula is C60H85BrN6O7S2. The first kappa shape index (κ1) is 60.4. The quantitative estimate of drug-likeness (QED) is 0.124. The summed E-state index contributed by atoms with van der Waals surface area (Å²) in [6, 6.07) is 8.97. The predicted octanol–water partition coefficient (Wildman–Crippen LogP) is 14.3. The molecule has 0 unspecified atom stereocenters. The summed E-state index contributed by atoms with van der Waals surface area (Å²) < 4.78 is 24.6. The van der Waals surface area contributed by atoms with Gasteiger partial charge in [0, 0.05) is 82.2 Å². The average molecular weight is 1150 g/mol. The Morgan fingerprint density at radius 3 is 1.34 bits per heavy atom. The first-order valence-electron chi connectivity index (χ1n) is 26.7. The molecule has 13 nitrogen and oxygen atoms in total. The third-order valence-corrected chi connectivity index (χ3v) is 17.2. The molecule has 16 heteroatoms. The lowest BCUT2D eigenvalue weighted by molar-refractivity contribution is -0.139. The van der Waals surface area contributed by atoms with Crippen LogP contribution in [0.25, 0.3) is 22.5 Å². The molecule has 0 radical (unpaired) electrons. The number of nitrogens with zero attached hydrogens (tertiary/aromatic N) is 6. The Bertz CT molecular complexity index is 2780. The SMILES string of the molecule is COC(=O)Cc1nn(CC(=O)N2CCC(c3nc(-c4cc(C(C)(C)C)c(OC)c(C(C)(C)C)c4)cs3)CC2)c(C)c1Br.COc1c(C(C)(C)C)cc(-c2csc(C3CCN(C(=O)OC(C)(C)C)CC3)n2)cc1C(C)(C)C. The third-order valence-electron chi connectivity index (χ3n) is 14.2. The zero-order valence-electron chi connectivity index (χ0n) is 48.9. The minimum atomic E-state index is -0.464. The summed E-state index contributed by atoms with van der Waals surface area (Å²) in [5, 5.41) is 11.1. The van der Waals surface area contributed by atoms with Crippen LogP contribution in [0.2, 0.25) is 0 Å². The van der Waals surface area contributed by atoms with E-state index in [1.807, 2.05) is 37.5 Å². The Hall–Kier alpha value is -4.80. The Morgan fingerprint density at radius 1 is 0.618 bits per heavy atom. The fourth-order valence-electron chi connectivity index (χ4n) is 9.74. The number of hydrogen-bond donors (Lipinski definition) is 0. The van der Waals surface area contributed by atoms with E-state index in [4.69, 9.17) is 28.9 Å². The summed E-state index contributed by atoms with van der Waals surface area (Å²) in [4.78, 5) is 51.2. The number of methoxy groups -OCH3 is 3. The number of likely N-dealkylation sites (tertiary alicyclic amines) is 2. The zero-order valence-corrected chi connectivity index (χ0v) is 52.1. The molecule has 5 heterocycles. The second-order valence-corrected chi connectivity index (χ2v) is 28.1. The molecular weight excluding hydrogens is 1060 g/mol. The molecule has 0 saturated carbocycles. The fourth-order valence-corrected chi connectivity index (χ4v) is 12.2. The maximum Gasteiger partial charge on any atom is 0.410 e. The Kier molecular flexibility index (Phi) is 18.8. The molecule has 2 aromatic carbocycles. The van der Waals surface area contributed by atoms with Gasteiger partial charge in [0.15, 0.2) is 0 Å². The van der Waals surface area contributed by atoms with E-state index in [1.165, 1.54) is 29.4 Å². The van der Waals surface area contributed by atoms with Gasteiger partial charge >= 0.3 is 12.1 Å². The largest absolute Gasteiger partial charge is 0.496 e. The van der Waals surface area contributed by atoms with Crippen LogP contribution in [0.3, 0.4) is 0 Å². The van der Waals surface area contributed by atoms with Gasteiger partial charge in [-0.2, -0.15) is 5.10 Å². The Morgan fingerprint density at radius 2 is 1.00 bits per heavy atom. The number of amides is 2. The normalized spacial score (nSPS) is 15.3. The van der Waals surface area contributed by atoms with Crippen molar-refractivity contribution < 1.29 is 33.3 Å². The summed E-state index contributed by atoms with van der Waals surface area (Å²) in [6.45, 7) is 37.2. The molecule has 2 fully saturated rings. The monoisotopic (exact) mass is 1140 g/mol. The van der Waals surface area contributed by atoms with Gasteiger partial charge in [0.05, 0.1) is 65.0 Å². The third kappa shape index (κ3) is 14.7. The number of halogens is 1. The van der Waals surface area contributed by atoms with Crippen molar-refractivity contribution in [2.75, 3.05) is 47.5 Å². The maximum atomic E-state index is 13.2. The number of ether oxygens (including phenoxy) is 4. The van der Waals surface area contributed by atoms with E-state index in [9.17, 15) is 14.4 Å². The van der Waals surface area contributed by atoms with Crippen LogP contribution < -0.4 is 9.47 Å². The Balaban J connectivity index is 0.000000252. The molecule has 0 N–H and O–H groups in total. The van der Waals surface area contributed by atoms with Gasteiger partial charge in [0.1, 0.15) is 23.6 Å². The van der Waals surface area contributed by atoms with E-state index >= 15 is 0 Å². The summed E-state index contributed by atoms with van der Waals surface area (Å²) >= 11 is 6.94. The summed E-state index contributed by atoms with van der Waals surface area (Å²) in [7, 11) is 4.88. The highest BCUT2D eigenvalue weighted by molar-refractivity contribution is 9.10. The molecule has 2 saturated heterocycles. The molecule has 0 aliphatic carbocycles. The van der Waals surface area contributed by atoms with Crippen molar-refractivity contribution in [3.63, 3.8) is 0 Å². The molecule has 7 rings (SSSR count). The van der Waals surface area contributed by atoms with Gasteiger partial charge in [-0.05, 0) is 115 Å². The van der Waals surface area contributed by atoms with Crippen molar-refractivity contribution in [3.8, 4) is 34.0 Å². The minimum Gasteiger partial charge on any atom is -0.496 e. The molecule has 0 atom stereocenters. The van der Waals surface area contributed by atoms with Gasteiger partial charge < -0.3 is 28.7 Å². The van der Waals surface area contributed by atoms with Crippen molar-refractivity contribution in [2.24, 2.45) is 0 Å². The number of rotatable bonds is 10. The van der Waals surface area contributed by atoms with Crippen LogP contribution in [0.1, 0.15) is 185 Å². The first-order chi connectivity index (χ1) is 35.2.